The average Bonchev–Trinajstić information content (AvgIpc) is 2.49. The number of amides is 1. The molecule has 5 heteroatoms. The molecule has 3 rings (SSSR count). The molecule has 1 unspecified atom stereocenters. The number of aliphatic hydroxyl groups is 1. The van der Waals surface area contributed by atoms with Crippen LogP contribution in [-0.2, 0) is 4.79 Å². The molecule has 2 aliphatic carbocycles. The van der Waals surface area contributed by atoms with Gasteiger partial charge in [0.15, 0.2) is 6.04 Å². The first-order valence-electron chi connectivity index (χ1n) is 6.42. The van der Waals surface area contributed by atoms with Crippen LogP contribution in [0.3, 0.4) is 0 Å². The lowest BCUT2D eigenvalue weighted by atomic mass is 9.95. The molecule has 0 aromatic heterocycles. The predicted molar refractivity (Wildman–Crippen MR) is 77.9 cm³/mol. The first-order chi connectivity index (χ1) is 10.1. The van der Waals surface area contributed by atoms with Crippen molar-refractivity contribution in [2.75, 3.05) is 6.61 Å². The summed E-state index contributed by atoms with van der Waals surface area (Å²) in [4.78, 5) is 22.0. The zero-order chi connectivity index (χ0) is 15.2. The van der Waals surface area contributed by atoms with Gasteiger partial charge in [0.2, 0.25) is 0 Å². The summed E-state index contributed by atoms with van der Waals surface area (Å²) in [6.07, 6.45) is 0. The number of carbonyl (C=O) groups is 2. The third-order valence-electron chi connectivity index (χ3n) is 3.04. The predicted octanol–water partition coefficient (Wildman–Crippen LogP) is 1.53. The minimum Gasteiger partial charge on any atom is -0.480 e. The molecule has 0 saturated heterocycles. The van der Waals surface area contributed by atoms with Crippen molar-refractivity contribution < 1.29 is 19.8 Å². The first kappa shape index (κ1) is 14.7. The van der Waals surface area contributed by atoms with Crippen LogP contribution in [0.15, 0.2) is 54.6 Å². The number of benzene rings is 2. The highest BCUT2D eigenvalue weighted by molar-refractivity contribution is 5.96. The van der Waals surface area contributed by atoms with Gasteiger partial charge in [-0.1, -0.05) is 42.5 Å². The Hall–Kier alpha value is -2.66. The highest BCUT2D eigenvalue weighted by Crippen LogP contribution is 2.29. The summed E-state index contributed by atoms with van der Waals surface area (Å²) in [6, 6.07) is 15.4. The Bertz CT molecular complexity index is 601. The molecule has 108 valence electrons. The molecule has 0 radical (unpaired) electrons. The van der Waals surface area contributed by atoms with Gasteiger partial charge in [0.25, 0.3) is 5.91 Å². The highest BCUT2D eigenvalue weighted by Gasteiger charge is 2.18. The van der Waals surface area contributed by atoms with E-state index in [4.69, 9.17) is 10.2 Å². The van der Waals surface area contributed by atoms with Crippen molar-refractivity contribution in [1.82, 2.24) is 5.32 Å². The van der Waals surface area contributed by atoms with E-state index in [9.17, 15) is 9.59 Å². The highest BCUT2D eigenvalue weighted by atomic mass is 16.4. The van der Waals surface area contributed by atoms with Crippen LogP contribution in [0.1, 0.15) is 10.4 Å². The Labute approximate surface area is 121 Å². The maximum absolute atomic E-state index is 11.4. The minimum absolute atomic E-state index is 0.359. The lowest BCUT2D eigenvalue weighted by molar-refractivity contribution is -0.140. The zero-order valence-corrected chi connectivity index (χ0v) is 11.2. The number of aliphatic hydroxyl groups excluding tert-OH is 1. The summed E-state index contributed by atoms with van der Waals surface area (Å²) in [5, 5.41) is 19.5. The summed E-state index contributed by atoms with van der Waals surface area (Å²) in [5.41, 5.74) is 3.21. The van der Waals surface area contributed by atoms with Crippen LogP contribution in [0.5, 0.6) is 0 Å². The topological polar surface area (TPSA) is 86.6 Å². The minimum atomic E-state index is -1.27. The van der Waals surface area contributed by atoms with Gasteiger partial charge in [0, 0.05) is 5.56 Å². The van der Waals surface area contributed by atoms with Crippen molar-refractivity contribution in [3.63, 3.8) is 0 Å². The lowest BCUT2D eigenvalue weighted by Gasteiger charge is -2.11. The SMILES string of the molecule is O=C(NC(CO)C(=O)O)c1ccccc1.c1cc2ccc1-2. The van der Waals surface area contributed by atoms with E-state index in [2.05, 4.69) is 29.6 Å². The van der Waals surface area contributed by atoms with Gasteiger partial charge in [-0.05, 0) is 23.3 Å². The van der Waals surface area contributed by atoms with Crippen LogP contribution in [0.25, 0.3) is 11.1 Å². The maximum Gasteiger partial charge on any atom is 0.328 e. The molecule has 0 bridgehead atoms. The molecule has 0 heterocycles. The van der Waals surface area contributed by atoms with Crippen molar-refractivity contribution in [1.29, 1.82) is 0 Å². The number of aliphatic carboxylic acids is 1. The summed E-state index contributed by atoms with van der Waals surface area (Å²) in [6.45, 7) is -0.631. The fraction of sp³-hybridized carbons (Fsp3) is 0.125. The van der Waals surface area contributed by atoms with Crippen LogP contribution in [0, 0.1) is 0 Å². The van der Waals surface area contributed by atoms with E-state index in [1.165, 1.54) is 11.1 Å². The second kappa shape index (κ2) is 6.67. The fourth-order valence-corrected chi connectivity index (χ4v) is 1.68. The van der Waals surface area contributed by atoms with Gasteiger partial charge >= 0.3 is 5.97 Å². The van der Waals surface area contributed by atoms with E-state index in [1.54, 1.807) is 30.3 Å². The van der Waals surface area contributed by atoms with E-state index in [-0.39, 0.29) is 0 Å². The van der Waals surface area contributed by atoms with Gasteiger partial charge < -0.3 is 15.5 Å². The second-order valence-corrected chi connectivity index (χ2v) is 4.49. The zero-order valence-electron chi connectivity index (χ0n) is 11.2. The van der Waals surface area contributed by atoms with Gasteiger partial charge in [-0.2, -0.15) is 0 Å². The Balaban J connectivity index is 0.000000218. The normalized spacial score (nSPS) is 11.7. The van der Waals surface area contributed by atoms with Crippen molar-refractivity contribution in [3.05, 3.63) is 60.2 Å². The molecule has 2 aliphatic rings. The average molecular weight is 285 g/mol. The second-order valence-electron chi connectivity index (χ2n) is 4.49. The number of carboxylic acid groups (broad SMARTS) is 1. The lowest BCUT2D eigenvalue weighted by Crippen LogP contribution is -2.43. The summed E-state index contributed by atoms with van der Waals surface area (Å²) in [5.74, 6) is -1.78. The third-order valence-corrected chi connectivity index (χ3v) is 3.04. The smallest absolute Gasteiger partial charge is 0.328 e. The molecular formula is C16H15NO4. The monoisotopic (exact) mass is 285 g/mol. The molecule has 1 amide bonds. The van der Waals surface area contributed by atoms with Gasteiger partial charge in [-0.25, -0.2) is 4.79 Å². The fourth-order valence-electron chi connectivity index (χ4n) is 1.68. The number of nitrogens with one attached hydrogen (secondary N) is 1. The molecule has 0 saturated carbocycles. The molecule has 5 nitrogen and oxygen atoms in total. The Kier molecular flexibility index (Phi) is 4.68. The number of hydrogen-bond donors (Lipinski definition) is 3. The Morgan fingerprint density at radius 2 is 1.48 bits per heavy atom. The molecule has 21 heavy (non-hydrogen) atoms. The van der Waals surface area contributed by atoms with E-state index >= 15 is 0 Å². The molecule has 0 aliphatic heterocycles. The van der Waals surface area contributed by atoms with Gasteiger partial charge in [-0.15, -0.1) is 0 Å². The quantitative estimate of drug-likeness (QED) is 0.678. The van der Waals surface area contributed by atoms with Crippen LogP contribution < -0.4 is 5.32 Å². The van der Waals surface area contributed by atoms with Gasteiger partial charge in [-0.3, -0.25) is 4.79 Å². The number of carbonyl (C=O) groups excluding carboxylic acids is 1. The summed E-state index contributed by atoms with van der Waals surface area (Å²) in [7, 11) is 0. The molecule has 1 atom stereocenters. The van der Waals surface area contributed by atoms with Gasteiger partial charge in [0.1, 0.15) is 0 Å². The van der Waals surface area contributed by atoms with E-state index in [0.717, 1.165) is 0 Å². The van der Waals surface area contributed by atoms with Crippen molar-refractivity contribution in [2.24, 2.45) is 0 Å². The Morgan fingerprint density at radius 1 is 0.952 bits per heavy atom. The molecule has 0 spiro atoms. The van der Waals surface area contributed by atoms with E-state index in [0.29, 0.717) is 5.56 Å². The Morgan fingerprint density at radius 3 is 1.81 bits per heavy atom. The first-order valence-corrected chi connectivity index (χ1v) is 6.42. The van der Waals surface area contributed by atoms with Crippen molar-refractivity contribution in [2.45, 2.75) is 6.04 Å². The molecule has 1 aromatic rings. The van der Waals surface area contributed by atoms with E-state index < -0.39 is 24.5 Å². The maximum atomic E-state index is 11.4. The standard InChI is InChI=1S/C10H11NO4.C6H4/c12-6-8(10(14)15)11-9(13)7-4-2-1-3-5-7;1-2-6-4-3-5(1)6/h1-5,8,12H,6H2,(H,11,13)(H,14,15);1-4H. The van der Waals surface area contributed by atoms with Crippen LogP contribution >= 0.6 is 0 Å². The summed E-state index contributed by atoms with van der Waals surface area (Å²) < 4.78 is 0. The number of carboxylic acids is 1. The van der Waals surface area contributed by atoms with Crippen LogP contribution in [-0.4, -0.2) is 34.7 Å². The number of rotatable bonds is 4. The molecule has 1 aromatic carbocycles. The number of fused-ring (bicyclic) bond motifs is 1. The molecular weight excluding hydrogens is 270 g/mol. The number of hydrogen-bond acceptors (Lipinski definition) is 3. The van der Waals surface area contributed by atoms with Crippen molar-refractivity contribution >= 4 is 11.9 Å². The van der Waals surface area contributed by atoms with Crippen molar-refractivity contribution in [3.8, 4) is 11.1 Å². The largest absolute Gasteiger partial charge is 0.480 e. The third kappa shape index (κ3) is 3.67. The van der Waals surface area contributed by atoms with Crippen LogP contribution in [0.4, 0.5) is 0 Å². The van der Waals surface area contributed by atoms with Crippen LogP contribution in [0.2, 0.25) is 0 Å². The van der Waals surface area contributed by atoms with E-state index in [1.807, 2.05) is 0 Å². The molecule has 0 fully saturated rings. The summed E-state index contributed by atoms with van der Waals surface area (Å²) >= 11 is 0. The van der Waals surface area contributed by atoms with Gasteiger partial charge in [0.05, 0.1) is 6.61 Å². The molecule has 3 N–H and O–H groups in total.